The molecule has 2 atom stereocenters. The van der Waals surface area contributed by atoms with Gasteiger partial charge in [0.1, 0.15) is 11.6 Å². The summed E-state index contributed by atoms with van der Waals surface area (Å²) in [5.41, 5.74) is 10.1. The van der Waals surface area contributed by atoms with Crippen molar-refractivity contribution >= 4 is 5.82 Å². The average molecular weight is 355 g/mol. The van der Waals surface area contributed by atoms with Crippen molar-refractivity contribution in [3.05, 3.63) is 41.5 Å². The second-order valence-corrected chi connectivity index (χ2v) is 6.96. The molecule has 1 aliphatic rings. The summed E-state index contributed by atoms with van der Waals surface area (Å²) in [5, 5.41) is 13.7. The standard InChI is InChI=1S/C21H29N3O2/c1-3-14-11-16(17-8-6-10-21(22)24-17)20(26-2)12-15(14)13-23-18-7-4-5-9-19(18)25/h6,8,10-12,18-19,23,25H,3-5,7,9,13H2,1-2H3,(H2,22,24). The number of pyridine rings is 1. The number of aliphatic hydroxyl groups excluding tert-OH is 1. The molecule has 1 fully saturated rings. The van der Waals surface area contributed by atoms with Gasteiger partial charge in [0.2, 0.25) is 0 Å². The van der Waals surface area contributed by atoms with Crippen molar-refractivity contribution in [3.63, 3.8) is 0 Å². The predicted molar refractivity (Wildman–Crippen MR) is 105 cm³/mol. The Bertz CT molecular complexity index is 748. The van der Waals surface area contributed by atoms with E-state index in [9.17, 15) is 5.11 Å². The Morgan fingerprint density at radius 2 is 2.04 bits per heavy atom. The Balaban J connectivity index is 1.86. The van der Waals surface area contributed by atoms with Crippen LogP contribution < -0.4 is 15.8 Å². The maximum absolute atomic E-state index is 10.2. The Hall–Kier alpha value is -2.11. The van der Waals surface area contributed by atoms with Crippen LogP contribution in [0.3, 0.4) is 0 Å². The highest BCUT2D eigenvalue weighted by molar-refractivity contribution is 5.70. The molecule has 0 saturated heterocycles. The van der Waals surface area contributed by atoms with Gasteiger partial charge in [-0.25, -0.2) is 4.98 Å². The van der Waals surface area contributed by atoms with E-state index in [-0.39, 0.29) is 12.1 Å². The molecule has 5 nitrogen and oxygen atoms in total. The summed E-state index contributed by atoms with van der Waals surface area (Å²) in [4.78, 5) is 4.44. The lowest BCUT2D eigenvalue weighted by Crippen LogP contribution is -2.41. The molecule has 2 unspecified atom stereocenters. The van der Waals surface area contributed by atoms with Crippen LogP contribution in [-0.4, -0.2) is 29.3 Å². The van der Waals surface area contributed by atoms with Crippen LogP contribution in [0.2, 0.25) is 0 Å². The number of nitrogens with one attached hydrogen (secondary N) is 1. The van der Waals surface area contributed by atoms with Crippen LogP contribution >= 0.6 is 0 Å². The highest BCUT2D eigenvalue weighted by Gasteiger charge is 2.22. The van der Waals surface area contributed by atoms with Crippen molar-refractivity contribution in [1.82, 2.24) is 10.3 Å². The van der Waals surface area contributed by atoms with Crippen molar-refractivity contribution in [3.8, 4) is 17.0 Å². The van der Waals surface area contributed by atoms with Crippen LogP contribution in [-0.2, 0) is 13.0 Å². The van der Waals surface area contributed by atoms with Crippen molar-refractivity contribution < 1.29 is 9.84 Å². The smallest absolute Gasteiger partial charge is 0.128 e. The number of aromatic nitrogens is 1. The number of aryl methyl sites for hydroxylation is 1. The fourth-order valence-electron chi connectivity index (χ4n) is 3.72. The van der Waals surface area contributed by atoms with Crippen LogP contribution in [0.25, 0.3) is 11.3 Å². The first kappa shape index (κ1) is 18.7. The lowest BCUT2D eigenvalue weighted by molar-refractivity contribution is 0.0902. The highest BCUT2D eigenvalue weighted by atomic mass is 16.5. The minimum Gasteiger partial charge on any atom is -0.496 e. The van der Waals surface area contributed by atoms with Crippen molar-refractivity contribution in [2.45, 2.75) is 57.7 Å². The zero-order valence-corrected chi connectivity index (χ0v) is 15.7. The molecule has 3 rings (SSSR count). The molecule has 0 amide bonds. The minimum absolute atomic E-state index is 0.176. The number of ether oxygens (including phenoxy) is 1. The second kappa shape index (κ2) is 8.52. The van der Waals surface area contributed by atoms with E-state index < -0.39 is 0 Å². The van der Waals surface area contributed by atoms with Gasteiger partial charge in [0.05, 0.1) is 18.9 Å². The second-order valence-electron chi connectivity index (χ2n) is 6.96. The summed E-state index contributed by atoms with van der Waals surface area (Å²) in [6.45, 7) is 2.88. The largest absolute Gasteiger partial charge is 0.496 e. The van der Waals surface area contributed by atoms with Crippen LogP contribution in [0.4, 0.5) is 5.82 Å². The van der Waals surface area contributed by atoms with Gasteiger partial charge in [-0.15, -0.1) is 0 Å². The van der Waals surface area contributed by atoms with Crippen molar-refractivity contribution in [2.24, 2.45) is 0 Å². The third-order valence-electron chi connectivity index (χ3n) is 5.23. The third-order valence-corrected chi connectivity index (χ3v) is 5.23. The van der Waals surface area contributed by atoms with E-state index >= 15 is 0 Å². The number of nitrogens with two attached hydrogens (primary N) is 1. The zero-order chi connectivity index (χ0) is 18.5. The molecule has 140 valence electrons. The zero-order valence-electron chi connectivity index (χ0n) is 15.7. The van der Waals surface area contributed by atoms with Crippen LogP contribution in [0.15, 0.2) is 30.3 Å². The van der Waals surface area contributed by atoms with Gasteiger partial charge in [-0.2, -0.15) is 0 Å². The van der Waals surface area contributed by atoms with E-state index in [0.29, 0.717) is 5.82 Å². The molecule has 1 aliphatic carbocycles. The molecular formula is C21H29N3O2. The Morgan fingerprint density at radius 3 is 2.73 bits per heavy atom. The number of nitrogens with zero attached hydrogens (tertiary/aromatic N) is 1. The fraction of sp³-hybridized carbons (Fsp3) is 0.476. The first-order valence-electron chi connectivity index (χ1n) is 9.46. The van der Waals surface area contributed by atoms with E-state index in [1.807, 2.05) is 12.1 Å². The van der Waals surface area contributed by atoms with Crippen LogP contribution in [0, 0.1) is 0 Å². The first-order valence-corrected chi connectivity index (χ1v) is 9.46. The molecule has 0 spiro atoms. The summed E-state index contributed by atoms with van der Waals surface area (Å²) >= 11 is 0. The van der Waals surface area contributed by atoms with Gasteiger partial charge in [0.25, 0.3) is 0 Å². The van der Waals surface area contributed by atoms with Gasteiger partial charge < -0.3 is 20.9 Å². The number of hydrogen-bond acceptors (Lipinski definition) is 5. The monoisotopic (exact) mass is 355 g/mol. The quantitative estimate of drug-likeness (QED) is 0.741. The summed E-state index contributed by atoms with van der Waals surface area (Å²) in [7, 11) is 1.68. The van der Waals surface area contributed by atoms with Gasteiger partial charge in [-0.05, 0) is 54.7 Å². The molecular weight excluding hydrogens is 326 g/mol. The fourth-order valence-corrected chi connectivity index (χ4v) is 3.72. The van der Waals surface area contributed by atoms with Gasteiger partial charge in [-0.1, -0.05) is 25.8 Å². The molecule has 4 N–H and O–H groups in total. The molecule has 5 heteroatoms. The van der Waals surface area contributed by atoms with E-state index in [0.717, 1.165) is 49.2 Å². The van der Waals surface area contributed by atoms with E-state index in [2.05, 4.69) is 29.4 Å². The first-order chi connectivity index (χ1) is 12.6. The van der Waals surface area contributed by atoms with Gasteiger partial charge >= 0.3 is 0 Å². The third kappa shape index (κ3) is 4.17. The molecule has 1 aromatic heterocycles. The number of hydrogen-bond donors (Lipinski definition) is 3. The average Bonchev–Trinajstić information content (AvgIpc) is 2.66. The van der Waals surface area contributed by atoms with E-state index in [1.54, 1.807) is 13.2 Å². The molecule has 1 saturated carbocycles. The maximum atomic E-state index is 10.2. The summed E-state index contributed by atoms with van der Waals surface area (Å²) < 4.78 is 5.63. The Kier molecular flexibility index (Phi) is 6.12. The highest BCUT2D eigenvalue weighted by Crippen LogP contribution is 2.33. The number of benzene rings is 1. The molecule has 2 aromatic rings. The number of aliphatic hydroxyl groups is 1. The van der Waals surface area contributed by atoms with E-state index in [4.69, 9.17) is 10.5 Å². The van der Waals surface area contributed by atoms with Gasteiger partial charge in [0.15, 0.2) is 0 Å². The Labute approximate surface area is 155 Å². The SMILES string of the molecule is CCc1cc(-c2cccc(N)n2)c(OC)cc1CNC1CCCCC1O. The van der Waals surface area contributed by atoms with E-state index in [1.165, 1.54) is 17.5 Å². The Morgan fingerprint density at radius 1 is 1.23 bits per heavy atom. The van der Waals surface area contributed by atoms with Gasteiger partial charge in [0, 0.05) is 18.2 Å². The number of methoxy groups -OCH3 is 1. The van der Waals surface area contributed by atoms with Crippen LogP contribution in [0.1, 0.15) is 43.7 Å². The number of rotatable bonds is 6. The topological polar surface area (TPSA) is 80.4 Å². The number of nitrogen functional groups attached to an aromatic ring is 1. The molecule has 0 radical (unpaired) electrons. The number of anilines is 1. The maximum Gasteiger partial charge on any atom is 0.128 e. The molecule has 0 bridgehead atoms. The molecule has 0 aliphatic heterocycles. The predicted octanol–water partition coefficient (Wildman–Crippen LogP) is 3.29. The lowest BCUT2D eigenvalue weighted by Gasteiger charge is -2.29. The summed E-state index contributed by atoms with van der Waals surface area (Å²) in [6.07, 6.45) is 4.90. The van der Waals surface area contributed by atoms with Crippen molar-refractivity contribution in [2.75, 3.05) is 12.8 Å². The summed E-state index contributed by atoms with van der Waals surface area (Å²) in [6, 6.07) is 10.0. The minimum atomic E-state index is -0.244. The molecule has 26 heavy (non-hydrogen) atoms. The summed E-state index contributed by atoms with van der Waals surface area (Å²) in [5.74, 6) is 1.29. The molecule has 1 aromatic carbocycles. The lowest BCUT2D eigenvalue weighted by atomic mass is 9.92. The van der Waals surface area contributed by atoms with Crippen molar-refractivity contribution in [1.29, 1.82) is 0 Å². The van der Waals surface area contributed by atoms with Gasteiger partial charge in [-0.3, -0.25) is 0 Å². The molecule has 1 heterocycles. The van der Waals surface area contributed by atoms with Crippen LogP contribution in [0.5, 0.6) is 5.75 Å². The normalized spacial score (nSPS) is 20.1.